The molecule has 2 aromatic rings. The fourth-order valence-corrected chi connectivity index (χ4v) is 2.49. The van der Waals surface area contributed by atoms with Crippen molar-refractivity contribution in [3.8, 4) is 0 Å². The molecule has 0 fully saturated rings. The summed E-state index contributed by atoms with van der Waals surface area (Å²) < 4.78 is 36.0. The number of benzene rings is 1. The third-order valence-corrected chi connectivity index (χ3v) is 3.92. The summed E-state index contributed by atoms with van der Waals surface area (Å²) in [6.07, 6.45) is 0. The summed E-state index contributed by atoms with van der Waals surface area (Å²) in [6, 6.07) is 2.71. The van der Waals surface area contributed by atoms with Crippen LogP contribution in [0, 0.1) is 12.7 Å². The van der Waals surface area contributed by atoms with E-state index in [0.717, 1.165) is 29.5 Å². The molecule has 10 heteroatoms. The second kappa shape index (κ2) is 5.23. The number of sulfonamides is 1. The van der Waals surface area contributed by atoms with E-state index in [1.54, 1.807) is 6.92 Å². The van der Waals surface area contributed by atoms with Gasteiger partial charge in [-0.25, -0.2) is 17.9 Å². The average Bonchev–Trinajstić information content (AvgIpc) is 2.73. The predicted octanol–water partition coefficient (Wildman–Crippen LogP) is 0.885. The highest BCUT2D eigenvalue weighted by molar-refractivity contribution is 7.89. The predicted molar refractivity (Wildman–Crippen MR) is 70.4 cm³/mol. The summed E-state index contributed by atoms with van der Waals surface area (Å²) >= 11 is 1.11. The van der Waals surface area contributed by atoms with Crippen LogP contribution in [0.2, 0.25) is 0 Å². The summed E-state index contributed by atoms with van der Waals surface area (Å²) in [5, 5.41) is 15.4. The number of nitrogens with zero attached hydrogens (tertiary/aromatic N) is 2. The monoisotopic (exact) mass is 316 g/mol. The number of hydrogen-bond donors (Lipinski definition) is 2. The Hall–Kier alpha value is -1.91. The minimum absolute atomic E-state index is 0.188. The summed E-state index contributed by atoms with van der Waals surface area (Å²) in [4.78, 5) is 11.5. The van der Waals surface area contributed by atoms with E-state index in [1.165, 1.54) is 0 Å². The van der Waals surface area contributed by atoms with E-state index in [0.29, 0.717) is 5.01 Å². The molecule has 0 aliphatic heterocycles. The van der Waals surface area contributed by atoms with Crippen LogP contribution >= 0.6 is 11.3 Å². The van der Waals surface area contributed by atoms with E-state index >= 15 is 0 Å². The maximum absolute atomic E-state index is 13.6. The Morgan fingerprint density at radius 3 is 2.65 bits per heavy atom. The van der Waals surface area contributed by atoms with Crippen LogP contribution in [0.3, 0.4) is 0 Å². The highest BCUT2D eigenvalue weighted by Gasteiger charge is 2.18. The third kappa shape index (κ3) is 3.15. The van der Waals surface area contributed by atoms with E-state index < -0.39 is 27.3 Å². The number of halogens is 1. The number of carbonyl (C=O) groups is 1. The molecule has 0 aliphatic carbocycles. The van der Waals surface area contributed by atoms with Gasteiger partial charge in [0, 0.05) is 0 Å². The number of anilines is 1. The number of carbonyl (C=O) groups excluding carboxylic acids is 1. The lowest BCUT2D eigenvalue weighted by molar-refractivity contribution is 0.102. The first-order chi connectivity index (χ1) is 9.27. The van der Waals surface area contributed by atoms with Crippen molar-refractivity contribution >= 4 is 32.4 Å². The molecule has 0 radical (unpaired) electrons. The lowest BCUT2D eigenvalue weighted by Crippen LogP contribution is -2.17. The number of hydrogen-bond acceptors (Lipinski definition) is 6. The number of nitrogens with two attached hydrogens (primary N) is 1. The number of aromatic nitrogens is 2. The molecule has 0 atom stereocenters. The fourth-order valence-electron chi connectivity index (χ4n) is 1.37. The molecule has 0 bridgehead atoms. The summed E-state index contributed by atoms with van der Waals surface area (Å²) in [6.45, 7) is 1.69. The zero-order chi connectivity index (χ0) is 14.9. The van der Waals surface area contributed by atoms with Gasteiger partial charge in [-0.2, -0.15) is 0 Å². The first kappa shape index (κ1) is 14.5. The van der Waals surface area contributed by atoms with Crippen LogP contribution in [0.1, 0.15) is 15.4 Å². The van der Waals surface area contributed by atoms with E-state index in [2.05, 4.69) is 15.5 Å². The highest BCUT2D eigenvalue weighted by Crippen LogP contribution is 2.18. The Labute approximate surface area is 117 Å². The van der Waals surface area contributed by atoms with Crippen molar-refractivity contribution in [3.05, 3.63) is 34.6 Å². The van der Waals surface area contributed by atoms with Gasteiger partial charge in [0.1, 0.15) is 10.8 Å². The Balaban J connectivity index is 2.34. The summed E-state index contributed by atoms with van der Waals surface area (Å²) in [7, 11) is -4.02. The van der Waals surface area contributed by atoms with Crippen molar-refractivity contribution in [2.75, 3.05) is 5.32 Å². The van der Waals surface area contributed by atoms with Crippen molar-refractivity contribution < 1.29 is 17.6 Å². The number of nitrogens with one attached hydrogen (secondary N) is 1. The highest BCUT2D eigenvalue weighted by atomic mass is 32.2. The van der Waals surface area contributed by atoms with Crippen molar-refractivity contribution in [2.24, 2.45) is 5.14 Å². The molecule has 1 heterocycles. The number of aryl methyl sites for hydroxylation is 1. The summed E-state index contributed by atoms with van der Waals surface area (Å²) in [5.41, 5.74) is -0.440. The molecule has 0 saturated carbocycles. The van der Waals surface area contributed by atoms with Crippen LogP contribution in [-0.2, 0) is 10.0 Å². The van der Waals surface area contributed by atoms with Crippen LogP contribution < -0.4 is 10.5 Å². The molecule has 1 aromatic carbocycles. The van der Waals surface area contributed by atoms with Crippen LogP contribution in [0.4, 0.5) is 9.52 Å². The first-order valence-electron chi connectivity index (χ1n) is 5.21. The SMILES string of the molecule is Cc1nnc(NC(=O)c2cc(S(N)(=O)=O)ccc2F)s1. The minimum Gasteiger partial charge on any atom is -0.296 e. The molecule has 0 spiro atoms. The third-order valence-electron chi connectivity index (χ3n) is 2.26. The lowest BCUT2D eigenvalue weighted by Gasteiger charge is -2.05. The maximum Gasteiger partial charge on any atom is 0.260 e. The van der Waals surface area contributed by atoms with E-state index in [-0.39, 0.29) is 10.0 Å². The molecule has 1 amide bonds. The molecule has 1 aromatic heterocycles. The quantitative estimate of drug-likeness (QED) is 0.872. The zero-order valence-electron chi connectivity index (χ0n) is 10.1. The van der Waals surface area contributed by atoms with Gasteiger partial charge in [-0.3, -0.25) is 10.1 Å². The average molecular weight is 316 g/mol. The zero-order valence-corrected chi connectivity index (χ0v) is 11.8. The number of amides is 1. The van der Waals surface area contributed by atoms with Gasteiger partial charge < -0.3 is 0 Å². The lowest BCUT2D eigenvalue weighted by atomic mass is 10.2. The van der Waals surface area contributed by atoms with Gasteiger partial charge in [-0.05, 0) is 25.1 Å². The largest absolute Gasteiger partial charge is 0.296 e. The molecular formula is C10H9FN4O3S2. The molecule has 106 valence electrons. The topological polar surface area (TPSA) is 115 Å². The van der Waals surface area contributed by atoms with Crippen molar-refractivity contribution in [1.29, 1.82) is 0 Å². The molecule has 20 heavy (non-hydrogen) atoms. The van der Waals surface area contributed by atoms with Gasteiger partial charge in [-0.1, -0.05) is 11.3 Å². The van der Waals surface area contributed by atoms with Crippen molar-refractivity contribution in [2.45, 2.75) is 11.8 Å². The second-order valence-corrected chi connectivity index (χ2v) is 6.51. The minimum atomic E-state index is -4.02. The van der Waals surface area contributed by atoms with Gasteiger partial charge in [0.05, 0.1) is 10.5 Å². The number of primary sulfonamides is 1. The molecular weight excluding hydrogens is 307 g/mol. The van der Waals surface area contributed by atoms with Crippen LogP contribution in [0.5, 0.6) is 0 Å². The van der Waals surface area contributed by atoms with Gasteiger partial charge >= 0.3 is 0 Å². The van der Waals surface area contributed by atoms with E-state index in [4.69, 9.17) is 5.14 Å². The summed E-state index contributed by atoms with van der Waals surface area (Å²) in [5.74, 6) is -1.69. The van der Waals surface area contributed by atoms with Gasteiger partial charge in [-0.15, -0.1) is 10.2 Å². The molecule has 3 N–H and O–H groups in total. The van der Waals surface area contributed by atoms with E-state index in [9.17, 15) is 17.6 Å². The van der Waals surface area contributed by atoms with E-state index in [1.807, 2.05) is 0 Å². The molecule has 2 rings (SSSR count). The van der Waals surface area contributed by atoms with Gasteiger partial charge in [0.15, 0.2) is 0 Å². The second-order valence-electron chi connectivity index (χ2n) is 3.77. The Morgan fingerprint density at radius 1 is 1.40 bits per heavy atom. The van der Waals surface area contributed by atoms with Gasteiger partial charge in [0.2, 0.25) is 15.2 Å². The maximum atomic E-state index is 13.6. The van der Waals surface area contributed by atoms with Crippen molar-refractivity contribution in [1.82, 2.24) is 10.2 Å². The van der Waals surface area contributed by atoms with Crippen LogP contribution in [-0.4, -0.2) is 24.5 Å². The molecule has 0 aliphatic rings. The Bertz CT molecular complexity index is 773. The molecule has 0 unspecified atom stereocenters. The Morgan fingerprint density at radius 2 is 2.10 bits per heavy atom. The fraction of sp³-hybridized carbons (Fsp3) is 0.100. The normalized spacial score (nSPS) is 11.3. The molecule has 7 nitrogen and oxygen atoms in total. The van der Waals surface area contributed by atoms with Gasteiger partial charge in [0.25, 0.3) is 5.91 Å². The van der Waals surface area contributed by atoms with Crippen molar-refractivity contribution in [3.63, 3.8) is 0 Å². The van der Waals surface area contributed by atoms with Crippen LogP contribution in [0.25, 0.3) is 0 Å². The molecule has 0 saturated heterocycles. The standard InChI is InChI=1S/C10H9FN4O3S2/c1-5-14-15-10(19-5)13-9(16)7-4-6(20(12,17)18)2-3-8(7)11/h2-4H,1H3,(H2,12,17,18)(H,13,15,16). The smallest absolute Gasteiger partial charge is 0.260 e. The van der Waals surface area contributed by atoms with Crippen LogP contribution in [0.15, 0.2) is 23.1 Å². The first-order valence-corrected chi connectivity index (χ1v) is 7.57. The number of rotatable bonds is 3. The Kier molecular flexibility index (Phi) is 3.79.